The van der Waals surface area contributed by atoms with Gasteiger partial charge in [0.1, 0.15) is 0 Å². The van der Waals surface area contributed by atoms with Crippen LogP contribution in [0.1, 0.15) is 22.3 Å². The zero-order valence-electron chi connectivity index (χ0n) is 33.6. The first kappa shape index (κ1) is 30.8. The van der Waals surface area contributed by atoms with Gasteiger partial charge in [-0.05, 0) is 107 Å². The molecule has 0 unspecified atom stereocenters. The summed E-state index contributed by atoms with van der Waals surface area (Å²) in [6.07, 6.45) is 0. The highest BCUT2D eigenvalue weighted by Gasteiger charge is 2.46. The van der Waals surface area contributed by atoms with Crippen molar-refractivity contribution in [3.63, 3.8) is 0 Å². The van der Waals surface area contributed by atoms with Crippen molar-refractivity contribution in [1.29, 1.82) is 0 Å². The normalized spacial score (nSPS) is 13.9. The molecule has 12 aromatic rings. The fraction of sp³-hybridized carbons (Fsp3) is 0.0741. The Balaban J connectivity index is 1.11. The van der Waals surface area contributed by atoms with E-state index in [-0.39, 0.29) is 13.7 Å². The maximum Gasteiger partial charge on any atom is 0.333 e. The summed E-state index contributed by atoms with van der Waals surface area (Å²) in [4.78, 5) is 0. The quantitative estimate of drug-likeness (QED) is 0.137. The van der Waals surface area contributed by atoms with Gasteiger partial charge in [0, 0.05) is 65.9 Å². The first-order valence-corrected chi connectivity index (χ1v) is 21.4. The number of para-hydroxylation sites is 4. The number of nitrogens with zero attached hydrogens (tertiary/aromatic N) is 4. The Morgan fingerprint density at radius 3 is 1.23 bits per heavy atom. The van der Waals surface area contributed by atoms with Crippen molar-refractivity contribution in [2.45, 2.75) is 27.7 Å². The highest BCUT2D eigenvalue weighted by atomic mass is 15.1. The van der Waals surface area contributed by atoms with Crippen LogP contribution in [0.2, 0.25) is 0 Å². The minimum atomic E-state index is 0.0120. The van der Waals surface area contributed by atoms with Crippen LogP contribution in [0.15, 0.2) is 133 Å². The molecule has 276 valence electrons. The lowest BCUT2D eigenvalue weighted by Gasteiger charge is -2.34. The second-order valence-electron chi connectivity index (χ2n) is 18.2. The Bertz CT molecular complexity index is 3860. The molecule has 4 aliphatic rings. The number of aryl methyl sites for hydroxylation is 4. The molecule has 0 radical (unpaired) electrons. The topological polar surface area (TPSA) is 19.7 Å². The van der Waals surface area contributed by atoms with E-state index >= 15 is 0 Å². The van der Waals surface area contributed by atoms with Crippen molar-refractivity contribution in [3.8, 4) is 33.6 Å². The van der Waals surface area contributed by atoms with E-state index in [2.05, 4.69) is 179 Å². The molecule has 0 atom stereocenters. The third kappa shape index (κ3) is 3.13. The lowest BCUT2D eigenvalue weighted by atomic mass is 9.45. The fourth-order valence-corrected chi connectivity index (χ4v) is 13.4. The molecule has 0 aliphatic carbocycles. The van der Waals surface area contributed by atoms with E-state index in [9.17, 15) is 0 Å². The first-order valence-electron chi connectivity index (χ1n) is 21.4. The predicted molar refractivity (Wildman–Crippen MR) is 254 cm³/mol. The van der Waals surface area contributed by atoms with Crippen molar-refractivity contribution >= 4 is 112 Å². The zero-order valence-corrected chi connectivity index (χ0v) is 33.6. The van der Waals surface area contributed by atoms with Crippen LogP contribution in [0.3, 0.4) is 0 Å². The Labute approximate surface area is 345 Å². The van der Waals surface area contributed by atoms with Gasteiger partial charge in [-0.2, -0.15) is 0 Å². The molecule has 0 bridgehead atoms. The van der Waals surface area contributed by atoms with Crippen molar-refractivity contribution in [2.75, 3.05) is 0 Å². The fourth-order valence-electron chi connectivity index (χ4n) is 13.4. The predicted octanol–water partition coefficient (Wildman–Crippen LogP) is 10.1. The maximum atomic E-state index is 2.78. The van der Waals surface area contributed by atoms with Crippen LogP contribution in [-0.2, 0) is 0 Å². The van der Waals surface area contributed by atoms with E-state index in [1.165, 1.54) is 154 Å². The molecule has 8 heterocycles. The number of hydrogen-bond donors (Lipinski definition) is 0. The van der Waals surface area contributed by atoms with Crippen LogP contribution in [0.4, 0.5) is 0 Å². The largest absolute Gasteiger partial charge is 0.374 e. The van der Waals surface area contributed by atoms with Gasteiger partial charge in [0.25, 0.3) is 0 Å². The molecule has 0 saturated carbocycles. The van der Waals surface area contributed by atoms with Crippen LogP contribution in [0.5, 0.6) is 0 Å². The summed E-state index contributed by atoms with van der Waals surface area (Å²) in [7, 11) is 0. The van der Waals surface area contributed by atoms with Crippen LogP contribution in [0, 0.1) is 27.7 Å². The molecule has 0 spiro atoms. The summed E-state index contributed by atoms with van der Waals surface area (Å²) >= 11 is 0. The molecule has 4 nitrogen and oxygen atoms in total. The Morgan fingerprint density at radius 1 is 0.367 bits per heavy atom. The van der Waals surface area contributed by atoms with E-state index in [1.807, 2.05) is 0 Å². The van der Waals surface area contributed by atoms with Gasteiger partial charge >= 0.3 is 13.7 Å². The molecule has 0 saturated heterocycles. The lowest BCUT2D eigenvalue weighted by Crippen LogP contribution is -2.55. The van der Waals surface area contributed by atoms with E-state index in [0.29, 0.717) is 0 Å². The second-order valence-corrected chi connectivity index (χ2v) is 18.2. The van der Waals surface area contributed by atoms with Gasteiger partial charge in [-0.25, -0.2) is 0 Å². The Morgan fingerprint density at radius 2 is 0.767 bits per heavy atom. The van der Waals surface area contributed by atoms with Gasteiger partial charge in [0.05, 0.1) is 33.1 Å². The van der Waals surface area contributed by atoms with Gasteiger partial charge in [-0.15, -0.1) is 0 Å². The van der Waals surface area contributed by atoms with E-state index in [4.69, 9.17) is 0 Å². The molecule has 0 fully saturated rings. The third-order valence-corrected chi connectivity index (χ3v) is 15.2. The van der Waals surface area contributed by atoms with Crippen LogP contribution in [-0.4, -0.2) is 31.8 Å². The number of benzene rings is 8. The highest BCUT2D eigenvalue weighted by Crippen LogP contribution is 2.49. The lowest BCUT2D eigenvalue weighted by molar-refractivity contribution is 1.17. The van der Waals surface area contributed by atoms with Crippen molar-refractivity contribution in [1.82, 2.24) is 18.1 Å². The average Bonchev–Trinajstić information content (AvgIpc) is 3.98. The standard InChI is InChI=1S/C54H34B2N4/c1-27-23-29(3)45-35-15-7-19-39-51(35)57(43(45)25-27)41-21-9-11-31-33-13-5-17-37-49(33)59(55(39)47(31)41)53-38-18-6-14-34-32-12-10-22-42-48(32)56(60(50(34)38)54(37)53)40-20-8-16-36-46-30(4)24-28(2)26-44(46)58(42)52(36)40/h5-26H,1-4H3. The van der Waals surface area contributed by atoms with Crippen LogP contribution in [0.25, 0.3) is 110 Å². The van der Waals surface area contributed by atoms with Gasteiger partial charge in [-0.1, -0.05) is 109 Å². The summed E-state index contributed by atoms with van der Waals surface area (Å²) in [6.45, 7) is 9.07. The molecule has 60 heavy (non-hydrogen) atoms. The van der Waals surface area contributed by atoms with Crippen molar-refractivity contribution in [3.05, 3.63) is 156 Å². The molecule has 4 aliphatic heterocycles. The third-order valence-electron chi connectivity index (χ3n) is 15.2. The summed E-state index contributed by atoms with van der Waals surface area (Å²) in [5.41, 5.74) is 29.4. The van der Waals surface area contributed by atoms with E-state index in [0.717, 1.165) is 0 Å². The number of fused-ring (bicyclic) bond motifs is 19. The summed E-state index contributed by atoms with van der Waals surface area (Å²) < 4.78 is 10.8. The molecule has 16 rings (SSSR count). The Kier molecular flexibility index (Phi) is 5.04. The minimum absolute atomic E-state index is 0.0120. The van der Waals surface area contributed by atoms with Crippen molar-refractivity contribution < 1.29 is 0 Å². The Hall–Kier alpha value is -7.17. The minimum Gasteiger partial charge on any atom is -0.374 e. The number of aromatic nitrogens is 4. The average molecular weight is 761 g/mol. The van der Waals surface area contributed by atoms with Crippen LogP contribution >= 0.6 is 0 Å². The van der Waals surface area contributed by atoms with Gasteiger partial charge in [-0.3, -0.25) is 0 Å². The van der Waals surface area contributed by atoms with E-state index < -0.39 is 0 Å². The molecule has 0 N–H and O–H groups in total. The maximum absolute atomic E-state index is 2.78. The van der Waals surface area contributed by atoms with E-state index in [1.54, 1.807) is 0 Å². The summed E-state index contributed by atoms with van der Waals surface area (Å²) in [6, 6.07) is 52.0. The smallest absolute Gasteiger partial charge is 0.333 e. The van der Waals surface area contributed by atoms with Gasteiger partial charge in [0.15, 0.2) is 0 Å². The molecule has 8 aromatic carbocycles. The van der Waals surface area contributed by atoms with Crippen LogP contribution < -0.4 is 21.9 Å². The molecule has 4 aromatic heterocycles. The highest BCUT2D eigenvalue weighted by molar-refractivity contribution is 6.92. The second kappa shape index (κ2) is 9.81. The first-order chi connectivity index (χ1) is 29.5. The molecular formula is C54H34B2N4. The van der Waals surface area contributed by atoms with Gasteiger partial charge < -0.3 is 18.1 Å². The van der Waals surface area contributed by atoms with Gasteiger partial charge in [0.2, 0.25) is 0 Å². The number of hydrogen-bond acceptors (Lipinski definition) is 0. The molecule has 0 amide bonds. The molecule has 6 heteroatoms. The SMILES string of the molecule is Cc1cc(C)c2c3cccc4c3n(c2c1)-c1cccc2c1B4n1c3c-2cccc3c2c1c1cccc3c1n2B1c2c-3cccc2-n2c3cc(C)cc(C)c3c3cccc1c32. The summed E-state index contributed by atoms with van der Waals surface area (Å²) in [5.74, 6) is 0. The monoisotopic (exact) mass is 760 g/mol. The van der Waals surface area contributed by atoms with Crippen molar-refractivity contribution in [2.24, 2.45) is 0 Å². The molecular weight excluding hydrogens is 726 g/mol. The number of rotatable bonds is 0. The summed E-state index contributed by atoms with van der Waals surface area (Å²) in [5, 5.41) is 8.08. The zero-order chi connectivity index (χ0) is 39.2.